The van der Waals surface area contributed by atoms with E-state index in [1.54, 1.807) is 16.8 Å². The van der Waals surface area contributed by atoms with E-state index >= 15 is 0 Å². The molecule has 0 N–H and O–H groups in total. The highest BCUT2D eigenvalue weighted by molar-refractivity contribution is 6.32. The van der Waals surface area contributed by atoms with Crippen molar-refractivity contribution < 1.29 is 4.92 Å². The van der Waals surface area contributed by atoms with Gasteiger partial charge in [-0.1, -0.05) is 59.3 Å². The first-order valence-corrected chi connectivity index (χ1v) is 6.90. The molecule has 0 aliphatic heterocycles. The smallest absolute Gasteiger partial charge is 0.258 e. The molecule has 0 radical (unpaired) electrons. The van der Waals surface area contributed by atoms with Crippen molar-refractivity contribution >= 4 is 17.3 Å². The van der Waals surface area contributed by atoms with E-state index < -0.39 is 4.92 Å². The maximum absolute atomic E-state index is 10.6. The predicted molar refractivity (Wildman–Crippen MR) is 82.7 cm³/mol. The molecule has 0 amide bonds. The maximum Gasteiger partial charge on any atom is 0.269 e. The van der Waals surface area contributed by atoms with Crippen molar-refractivity contribution in [1.82, 2.24) is 15.0 Å². The zero-order valence-corrected chi connectivity index (χ0v) is 12.1. The minimum absolute atomic E-state index is 0.0541. The van der Waals surface area contributed by atoms with Crippen molar-refractivity contribution in [1.29, 1.82) is 0 Å². The van der Waals surface area contributed by atoms with Gasteiger partial charge >= 0.3 is 0 Å². The van der Waals surface area contributed by atoms with Crippen molar-refractivity contribution in [3.8, 4) is 11.3 Å². The fraction of sp³-hybridized carbons (Fsp3) is 0.0667. The molecule has 0 atom stereocenters. The molecule has 2 aromatic carbocycles. The highest BCUT2D eigenvalue weighted by Gasteiger charge is 2.13. The lowest BCUT2D eigenvalue weighted by Gasteiger charge is -2.03. The highest BCUT2D eigenvalue weighted by atomic mass is 35.5. The molecule has 3 aromatic rings. The third-order valence-electron chi connectivity index (χ3n) is 3.20. The molecule has 22 heavy (non-hydrogen) atoms. The molecule has 0 aliphatic carbocycles. The monoisotopic (exact) mass is 314 g/mol. The Labute approximate surface area is 131 Å². The fourth-order valence-corrected chi connectivity index (χ4v) is 2.31. The summed E-state index contributed by atoms with van der Waals surface area (Å²) < 4.78 is 1.56. The Balaban J connectivity index is 1.85. The number of nitro groups is 1. The van der Waals surface area contributed by atoms with E-state index in [9.17, 15) is 10.1 Å². The Morgan fingerprint density at radius 3 is 2.41 bits per heavy atom. The van der Waals surface area contributed by atoms with Gasteiger partial charge in [-0.25, -0.2) is 4.68 Å². The predicted octanol–water partition coefficient (Wildman–Crippen LogP) is 3.56. The number of aromatic nitrogens is 3. The molecular formula is C15H11ClN4O2. The Hall–Kier alpha value is -2.73. The molecule has 1 aromatic heterocycles. The SMILES string of the molecule is O=[N+]([O-])c1ccc(Cn2nnc(-c3ccccc3)c2Cl)cc1. The number of rotatable bonds is 4. The standard InChI is InChI=1S/C15H11ClN4O2/c16-15-14(12-4-2-1-3-5-12)17-18-19(15)10-11-6-8-13(9-7-11)20(21)22/h1-9H,10H2. The highest BCUT2D eigenvalue weighted by Crippen LogP contribution is 2.25. The second-order valence-electron chi connectivity index (χ2n) is 4.68. The van der Waals surface area contributed by atoms with Gasteiger partial charge in [0.05, 0.1) is 11.5 Å². The van der Waals surface area contributed by atoms with Crippen LogP contribution in [0.3, 0.4) is 0 Å². The molecule has 0 bridgehead atoms. The van der Waals surface area contributed by atoms with E-state index in [0.717, 1.165) is 11.1 Å². The number of hydrogen-bond donors (Lipinski definition) is 0. The molecule has 0 unspecified atom stereocenters. The number of halogens is 1. The number of non-ortho nitro benzene ring substituents is 1. The summed E-state index contributed by atoms with van der Waals surface area (Å²) in [6.07, 6.45) is 0. The quantitative estimate of drug-likeness (QED) is 0.545. The van der Waals surface area contributed by atoms with Gasteiger partial charge in [-0.15, -0.1) is 5.10 Å². The zero-order valence-electron chi connectivity index (χ0n) is 11.4. The normalized spacial score (nSPS) is 10.6. The summed E-state index contributed by atoms with van der Waals surface area (Å²) >= 11 is 6.32. The van der Waals surface area contributed by atoms with Crippen molar-refractivity contribution in [2.24, 2.45) is 0 Å². The van der Waals surface area contributed by atoms with E-state index in [2.05, 4.69) is 10.3 Å². The van der Waals surface area contributed by atoms with Crippen LogP contribution in [-0.2, 0) is 6.54 Å². The molecule has 0 saturated carbocycles. The summed E-state index contributed by atoms with van der Waals surface area (Å²) in [6, 6.07) is 15.8. The van der Waals surface area contributed by atoms with Crippen LogP contribution in [0.25, 0.3) is 11.3 Å². The Morgan fingerprint density at radius 1 is 1.09 bits per heavy atom. The molecule has 110 valence electrons. The maximum atomic E-state index is 10.6. The fourth-order valence-electron chi connectivity index (χ4n) is 2.07. The first kappa shape index (κ1) is 14.2. The van der Waals surface area contributed by atoms with Gasteiger partial charge in [-0.2, -0.15) is 0 Å². The van der Waals surface area contributed by atoms with Crippen LogP contribution in [0.15, 0.2) is 54.6 Å². The Kier molecular flexibility index (Phi) is 3.84. The summed E-state index contributed by atoms with van der Waals surface area (Å²) in [5, 5.41) is 19.2. The van der Waals surface area contributed by atoms with E-state index in [1.807, 2.05) is 30.3 Å². The molecule has 6 nitrogen and oxygen atoms in total. The van der Waals surface area contributed by atoms with Gasteiger partial charge in [-0.05, 0) is 5.56 Å². The summed E-state index contributed by atoms with van der Waals surface area (Å²) in [7, 11) is 0. The van der Waals surface area contributed by atoms with Gasteiger partial charge in [0.15, 0.2) is 5.15 Å². The third-order valence-corrected chi connectivity index (χ3v) is 3.58. The van der Waals surface area contributed by atoms with Gasteiger partial charge in [0.25, 0.3) is 5.69 Å². The summed E-state index contributed by atoms with van der Waals surface area (Å²) in [5.74, 6) is 0. The minimum Gasteiger partial charge on any atom is -0.258 e. The summed E-state index contributed by atoms with van der Waals surface area (Å²) in [5.41, 5.74) is 2.42. The van der Waals surface area contributed by atoms with Crippen LogP contribution in [0.4, 0.5) is 5.69 Å². The van der Waals surface area contributed by atoms with Crippen molar-refractivity contribution in [2.45, 2.75) is 6.54 Å². The Morgan fingerprint density at radius 2 is 1.77 bits per heavy atom. The second-order valence-corrected chi connectivity index (χ2v) is 5.03. The summed E-state index contributed by atoms with van der Waals surface area (Å²) in [4.78, 5) is 10.2. The largest absolute Gasteiger partial charge is 0.269 e. The van der Waals surface area contributed by atoms with Gasteiger partial charge in [-0.3, -0.25) is 10.1 Å². The number of hydrogen-bond acceptors (Lipinski definition) is 4. The third kappa shape index (κ3) is 2.82. The van der Waals surface area contributed by atoms with Crippen LogP contribution in [0.1, 0.15) is 5.56 Å². The van der Waals surface area contributed by atoms with Crippen molar-refractivity contribution in [2.75, 3.05) is 0 Å². The van der Waals surface area contributed by atoms with E-state index in [1.165, 1.54) is 12.1 Å². The van der Waals surface area contributed by atoms with E-state index in [0.29, 0.717) is 17.4 Å². The molecule has 0 aliphatic rings. The molecule has 0 saturated heterocycles. The van der Waals surface area contributed by atoms with Crippen LogP contribution in [0.2, 0.25) is 5.15 Å². The van der Waals surface area contributed by atoms with Gasteiger partial charge < -0.3 is 0 Å². The summed E-state index contributed by atoms with van der Waals surface area (Å²) in [6.45, 7) is 0.399. The van der Waals surface area contributed by atoms with E-state index in [-0.39, 0.29) is 5.69 Å². The van der Waals surface area contributed by atoms with Crippen molar-refractivity contribution in [3.63, 3.8) is 0 Å². The average Bonchev–Trinajstić information content (AvgIpc) is 2.90. The topological polar surface area (TPSA) is 73.8 Å². The lowest BCUT2D eigenvalue weighted by Crippen LogP contribution is -2.02. The number of benzene rings is 2. The molecule has 7 heteroatoms. The van der Waals surface area contributed by atoms with Crippen LogP contribution in [0, 0.1) is 10.1 Å². The number of nitro benzene ring substituents is 1. The second kappa shape index (κ2) is 5.95. The van der Waals surface area contributed by atoms with Crippen LogP contribution in [0.5, 0.6) is 0 Å². The van der Waals surface area contributed by atoms with Crippen molar-refractivity contribution in [3.05, 3.63) is 75.4 Å². The number of nitrogens with zero attached hydrogens (tertiary/aromatic N) is 4. The lowest BCUT2D eigenvalue weighted by atomic mass is 10.2. The molecule has 3 rings (SSSR count). The average molecular weight is 315 g/mol. The first-order chi connectivity index (χ1) is 10.6. The Bertz CT molecular complexity index is 800. The van der Waals surface area contributed by atoms with Crippen LogP contribution < -0.4 is 0 Å². The molecule has 0 spiro atoms. The van der Waals surface area contributed by atoms with Crippen LogP contribution in [-0.4, -0.2) is 19.9 Å². The van der Waals surface area contributed by atoms with Crippen LogP contribution >= 0.6 is 11.6 Å². The molecule has 0 fully saturated rings. The van der Waals surface area contributed by atoms with Gasteiger partial charge in [0.1, 0.15) is 5.69 Å². The minimum atomic E-state index is -0.431. The lowest BCUT2D eigenvalue weighted by molar-refractivity contribution is -0.384. The first-order valence-electron chi connectivity index (χ1n) is 6.53. The molecular weight excluding hydrogens is 304 g/mol. The van der Waals surface area contributed by atoms with Gasteiger partial charge in [0, 0.05) is 17.7 Å². The van der Waals surface area contributed by atoms with Gasteiger partial charge in [0.2, 0.25) is 0 Å². The molecule has 1 heterocycles. The van der Waals surface area contributed by atoms with E-state index in [4.69, 9.17) is 11.6 Å². The zero-order chi connectivity index (χ0) is 15.5.